The molecule has 1 aromatic rings. The Morgan fingerprint density at radius 3 is 2.63 bits per heavy atom. The molecule has 0 atom stereocenters. The van der Waals surface area contributed by atoms with Gasteiger partial charge in [0.1, 0.15) is 0 Å². The second kappa shape index (κ2) is 7.26. The molecule has 4 nitrogen and oxygen atoms in total. The Kier molecular flexibility index (Phi) is 5.99. The number of hydrogen-bond acceptors (Lipinski definition) is 4. The number of carbonyl (C=O) groups excluding carboxylic acids is 1. The minimum atomic E-state index is -0.304. The Balaban J connectivity index is 2.61. The van der Waals surface area contributed by atoms with Gasteiger partial charge in [-0.05, 0) is 32.4 Å². The zero-order valence-corrected chi connectivity index (χ0v) is 12.2. The highest BCUT2D eigenvalue weighted by molar-refractivity contribution is 5.90. The molecule has 4 heteroatoms. The number of esters is 1. The van der Waals surface area contributed by atoms with Gasteiger partial charge in [-0.25, -0.2) is 4.79 Å². The van der Waals surface area contributed by atoms with Crippen LogP contribution in [-0.2, 0) is 16.0 Å². The third-order valence-electron chi connectivity index (χ3n) is 2.82. The van der Waals surface area contributed by atoms with Gasteiger partial charge in [-0.3, -0.25) is 0 Å². The van der Waals surface area contributed by atoms with E-state index in [2.05, 4.69) is 5.32 Å². The van der Waals surface area contributed by atoms with Gasteiger partial charge in [0.2, 0.25) is 0 Å². The molecule has 0 aliphatic rings. The van der Waals surface area contributed by atoms with E-state index in [1.165, 1.54) is 7.11 Å². The fourth-order valence-electron chi connectivity index (χ4n) is 1.92. The molecule has 0 fully saturated rings. The molecular formula is C15H23NO3. The topological polar surface area (TPSA) is 47.6 Å². The van der Waals surface area contributed by atoms with E-state index < -0.39 is 0 Å². The highest BCUT2D eigenvalue weighted by Gasteiger charge is 2.17. The van der Waals surface area contributed by atoms with Crippen LogP contribution in [0, 0.1) is 0 Å². The molecule has 0 heterocycles. The molecule has 0 bridgehead atoms. The summed E-state index contributed by atoms with van der Waals surface area (Å²) in [5, 5.41) is 3.31. The molecule has 0 amide bonds. The van der Waals surface area contributed by atoms with Gasteiger partial charge in [-0.15, -0.1) is 0 Å². The van der Waals surface area contributed by atoms with Crippen LogP contribution in [0.1, 0.15) is 36.7 Å². The Bertz CT molecular complexity index is 416. The predicted molar refractivity (Wildman–Crippen MR) is 75.2 cm³/mol. The zero-order chi connectivity index (χ0) is 14.3. The van der Waals surface area contributed by atoms with Gasteiger partial charge >= 0.3 is 5.97 Å². The maximum Gasteiger partial charge on any atom is 0.338 e. The van der Waals surface area contributed by atoms with Crippen molar-refractivity contribution in [1.29, 1.82) is 0 Å². The van der Waals surface area contributed by atoms with Crippen LogP contribution in [0.3, 0.4) is 0 Å². The maximum absolute atomic E-state index is 11.6. The summed E-state index contributed by atoms with van der Waals surface area (Å²) >= 11 is 0. The Labute approximate surface area is 115 Å². The molecule has 0 aliphatic carbocycles. The van der Waals surface area contributed by atoms with Crippen LogP contribution in [0.5, 0.6) is 0 Å². The monoisotopic (exact) mass is 265 g/mol. The van der Waals surface area contributed by atoms with Gasteiger partial charge in [0.05, 0.1) is 18.3 Å². The molecule has 0 aliphatic heterocycles. The van der Waals surface area contributed by atoms with Crippen LogP contribution in [0.25, 0.3) is 0 Å². The Morgan fingerprint density at radius 1 is 1.32 bits per heavy atom. The fraction of sp³-hybridized carbons (Fsp3) is 0.533. The lowest BCUT2D eigenvalue weighted by molar-refractivity contribution is -0.00897. The average molecular weight is 265 g/mol. The van der Waals surface area contributed by atoms with Gasteiger partial charge in [0, 0.05) is 19.7 Å². The number of ether oxygens (including phenoxy) is 2. The molecule has 0 unspecified atom stereocenters. The summed E-state index contributed by atoms with van der Waals surface area (Å²) in [4.78, 5) is 11.6. The van der Waals surface area contributed by atoms with Gasteiger partial charge in [0.25, 0.3) is 0 Å². The third kappa shape index (κ3) is 5.01. The first-order valence-corrected chi connectivity index (χ1v) is 6.51. The van der Waals surface area contributed by atoms with Gasteiger partial charge in [-0.2, -0.15) is 0 Å². The van der Waals surface area contributed by atoms with E-state index in [9.17, 15) is 4.79 Å². The first-order chi connectivity index (χ1) is 9.00. The molecule has 0 saturated heterocycles. The normalized spacial score (nSPS) is 11.4. The van der Waals surface area contributed by atoms with Gasteiger partial charge in [-0.1, -0.05) is 18.2 Å². The Morgan fingerprint density at radius 2 is 2.00 bits per heavy atom. The second-order valence-corrected chi connectivity index (χ2v) is 4.94. The van der Waals surface area contributed by atoms with Crippen LogP contribution in [0.15, 0.2) is 24.3 Å². The first-order valence-electron chi connectivity index (χ1n) is 6.51. The number of carbonyl (C=O) groups is 1. The number of benzene rings is 1. The lowest BCUT2D eigenvalue weighted by Crippen LogP contribution is -2.37. The van der Waals surface area contributed by atoms with Crippen molar-refractivity contribution in [3.05, 3.63) is 35.4 Å². The van der Waals surface area contributed by atoms with Crippen LogP contribution in [0.4, 0.5) is 0 Å². The molecule has 1 aromatic carbocycles. The summed E-state index contributed by atoms with van der Waals surface area (Å²) in [7, 11) is 1.39. The predicted octanol–water partition coefficient (Wildman–Crippen LogP) is 2.38. The largest absolute Gasteiger partial charge is 0.465 e. The van der Waals surface area contributed by atoms with E-state index in [4.69, 9.17) is 9.47 Å². The molecule has 1 N–H and O–H groups in total. The van der Waals surface area contributed by atoms with E-state index in [1.807, 2.05) is 39.0 Å². The van der Waals surface area contributed by atoms with Crippen LogP contribution >= 0.6 is 0 Å². The van der Waals surface area contributed by atoms with Crippen molar-refractivity contribution in [2.24, 2.45) is 0 Å². The minimum absolute atomic E-state index is 0.213. The fourth-order valence-corrected chi connectivity index (χ4v) is 1.92. The van der Waals surface area contributed by atoms with E-state index in [0.29, 0.717) is 18.7 Å². The molecule has 0 spiro atoms. The van der Waals surface area contributed by atoms with Crippen LogP contribution in [0.2, 0.25) is 0 Å². The van der Waals surface area contributed by atoms with Crippen molar-refractivity contribution in [3.63, 3.8) is 0 Å². The minimum Gasteiger partial charge on any atom is -0.465 e. The van der Waals surface area contributed by atoms with Crippen molar-refractivity contribution in [2.45, 2.75) is 32.9 Å². The summed E-state index contributed by atoms with van der Waals surface area (Å²) < 4.78 is 10.4. The molecule has 19 heavy (non-hydrogen) atoms. The van der Waals surface area contributed by atoms with Crippen molar-refractivity contribution in [1.82, 2.24) is 5.32 Å². The van der Waals surface area contributed by atoms with Crippen LogP contribution < -0.4 is 5.32 Å². The summed E-state index contributed by atoms with van der Waals surface area (Å²) in [6.07, 6.45) is 0. The maximum atomic E-state index is 11.6. The number of methoxy groups -OCH3 is 1. The van der Waals surface area contributed by atoms with Crippen molar-refractivity contribution < 1.29 is 14.3 Å². The molecule has 0 aromatic heterocycles. The quantitative estimate of drug-likeness (QED) is 0.769. The summed E-state index contributed by atoms with van der Waals surface area (Å²) in [6, 6.07) is 7.44. The second-order valence-electron chi connectivity index (χ2n) is 4.94. The SMILES string of the molecule is CCOC(C)(C)CNCc1ccccc1C(=O)OC. The molecular weight excluding hydrogens is 242 g/mol. The van der Waals surface area contributed by atoms with E-state index >= 15 is 0 Å². The lowest BCUT2D eigenvalue weighted by atomic mass is 10.1. The zero-order valence-electron chi connectivity index (χ0n) is 12.2. The highest BCUT2D eigenvalue weighted by Crippen LogP contribution is 2.11. The highest BCUT2D eigenvalue weighted by atomic mass is 16.5. The van der Waals surface area contributed by atoms with Crippen molar-refractivity contribution in [3.8, 4) is 0 Å². The number of nitrogens with one attached hydrogen (secondary N) is 1. The molecule has 0 radical (unpaired) electrons. The summed E-state index contributed by atoms with van der Waals surface area (Å²) in [5.74, 6) is -0.304. The van der Waals surface area contributed by atoms with E-state index in [1.54, 1.807) is 6.07 Å². The van der Waals surface area contributed by atoms with Crippen molar-refractivity contribution in [2.75, 3.05) is 20.3 Å². The van der Waals surface area contributed by atoms with Crippen molar-refractivity contribution >= 4 is 5.97 Å². The van der Waals surface area contributed by atoms with E-state index in [0.717, 1.165) is 12.1 Å². The molecule has 0 saturated carbocycles. The average Bonchev–Trinajstić information content (AvgIpc) is 2.38. The standard InChI is InChI=1S/C15H23NO3/c1-5-19-15(2,3)11-16-10-12-8-6-7-9-13(12)14(17)18-4/h6-9,16H,5,10-11H2,1-4H3. The van der Waals surface area contributed by atoms with Crippen LogP contribution in [-0.4, -0.2) is 31.8 Å². The summed E-state index contributed by atoms with van der Waals surface area (Å²) in [5.41, 5.74) is 1.32. The van der Waals surface area contributed by atoms with Gasteiger partial charge < -0.3 is 14.8 Å². The third-order valence-corrected chi connectivity index (χ3v) is 2.82. The smallest absolute Gasteiger partial charge is 0.338 e. The van der Waals surface area contributed by atoms with E-state index in [-0.39, 0.29) is 11.6 Å². The first kappa shape index (κ1) is 15.7. The molecule has 1 rings (SSSR count). The number of hydrogen-bond donors (Lipinski definition) is 1. The number of rotatable bonds is 7. The Hall–Kier alpha value is -1.39. The lowest BCUT2D eigenvalue weighted by Gasteiger charge is -2.25. The summed E-state index contributed by atoms with van der Waals surface area (Å²) in [6.45, 7) is 8.07. The van der Waals surface area contributed by atoms with Gasteiger partial charge in [0.15, 0.2) is 0 Å². The molecule has 106 valence electrons.